The quantitative estimate of drug-likeness (QED) is 0.803. The van der Waals surface area contributed by atoms with Gasteiger partial charge in [-0.1, -0.05) is 6.08 Å². The van der Waals surface area contributed by atoms with Crippen molar-refractivity contribution in [3.05, 3.63) is 54.8 Å². The van der Waals surface area contributed by atoms with Crippen LogP contribution in [0.4, 0.5) is 9.18 Å². The lowest BCUT2D eigenvalue weighted by Gasteiger charge is -2.29. The number of halogens is 1. The van der Waals surface area contributed by atoms with E-state index in [0.717, 1.165) is 0 Å². The summed E-state index contributed by atoms with van der Waals surface area (Å²) in [5, 5.41) is 2.96. The van der Waals surface area contributed by atoms with Crippen molar-refractivity contribution in [1.82, 2.24) is 14.9 Å². The highest BCUT2D eigenvalue weighted by molar-refractivity contribution is 5.82. The van der Waals surface area contributed by atoms with Crippen LogP contribution in [-0.2, 0) is 15.1 Å². The van der Waals surface area contributed by atoms with Crippen molar-refractivity contribution in [2.45, 2.75) is 51.2 Å². The summed E-state index contributed by atoms with van der Waals surface area (Å²) in [4.78, 5) is 29.5. The van der Waals surface area contributed by atoms with E-state index in [1.807, 2.05) is 0 Å². The number of carbonyl (C=O) groups is 2. The third kappa shape index (κ3) is 3.83. The number of nitrogens with one attached hydrogen (secondary N) is 1. The molecule has 1 N–H and O–H groups in total. The first-order chi connectivity index (χ1) is 13.1. The number of nitrogens with zero attached hydrogens (tertiary/aromatic N) is 2. The third-order valence-electron chi connectivity index (χ3n) is 4.56. The van der Waals surface area contributed by atoms with Crippen LogP contribution in [0.1, 0.15) is 45.9 Å². The Morgan fingerprint density at radius 2 is 2.07 bits per heavy atom. The second-order valence-electron chi connectivity index (χ2n) is 7.91. The van der Waals surface area contributed by atoms with Crippen LogP contribution in [0.3, 0.4) is 0 Å². The molecule has 1 unspecified atom stereocenters. The van der Waals surface area contributed by atoms with Gasteiger partial charge in [-0.05, 0) is 57.9 Å². The molecule has 6 nitrogen and oxygen atoms in total. The normalized spacial score (nSPS) is 19.4. The molecule has 1 fully saturated rings. The van der Waals surface area contributed by atoms with Crippen molar-refractivity contribution in [2.75, 3.05) is 0 Å². The lowest BCUT2D eigenvalue weighted by Crippen LogP contribution is -2.42. The van der Waals surface area contributed by atoms with E-state index < -0.39 is 17.2 Å². The van der Waals surface area contributed by atoms with E-state index in [2.05, 4.69) is 16.9 Å². The van der Waals surface area contributed by atoms with Crippen LogP contribution in [0.2, 0.25) is 0 Å². The maximum atomic E-state index is 13.4. The Bertz CT molecular complexity index is 912. The maximum Gasteiger partial charge on any atom is 0.420 e. The van der Waals surface area contributed by atoms with Gasteiger partial charge < -0.3 is 10.1 Å². The molecule has 1 aromatic heterocycles. The van der Waals surface area contributed by atoms with E-state index in [1.165, 1.54) is 16.7 Å². The molecule has 2 heterocycles. The van der Waals surface area contributed by atoms with Crippen LogP contribution in [0.15, 0.2) is 43.1 Å². The zero-order valence-corrected chi connectivity index (χ0v) is 16.3. The van der Waals surface area contributed by atoms with Gasteiger partial charge in [-0.15, -0.1) is 6.58 Å². The van der Waals surface area contributed by atoms with Crippen LogP contribution in [0.5, 0.6) is 0 Å². The third-order valence-corrected chi connectivity index (χ3v) is 4.56. The van der Waals surface area contributed by atoms with Crippen LogP contribution >= 0.6 is 0 Å². The summed E-state index contributed by atoms with van der Waals surface area (Å²) in [6, 6.07) is 5.78. The second kappa shape index (κ2) is 7.22. The highest BCUT2D eigenvalue weighted by Crippen LogP contribution is 2.37. The lowest BCUT2D eigenvalue weighted by atomic mass is 9.92. The predicted molar refractivity (Wildman–Crippen MR) is 103 cm³/mol. The van der Waals surface area contributed by atoms with Gasteiger partial charge in [0.1, 0.15) is 22.8 Å². The minimum Gasteiger partial charge on any atom is -0.443 e. The van der Waals surface area contributed by atoms with Gasteiger partial charge in [0.2, 0.25) is 5.91 Å². The van der Waals surface area contributed by atoms with E-state index in [9.17, 15) is 14.0 Å². The summed E-state index contributed by atoms with van der Waals surface area (Å²) >= 11 is 0. The van der Waals surface area contributed by atoms with Crippen molar-refractivity contribution in [1.29, 1.82) is 0 Å². The topological polar surface area (TPSA) is 73.2 Å². The summed E-state index contributed by atoms with van der Waals surface area (Å²) in [7, 11) is 0. The fourth-order valence-electron chi connectivity index (χ4n) is 3.38. The van der Waals surface area contributed by atoms with E-state index in [1.54, 1.807) is 45.2 Å². The Labute approximate surface area is 163 Å². The predicted octanol–water partition coefficient (Wildman–Crippen LogP) is 4.15. The molecule has 28 heavy (non-hydrogen) atoms. The standard InChI is InChI=1S/C21H24FN3O3/c1-5-11-21(12-10-17(26)24-21)18-23-13-16(14-6-8-15(22)9-7-14)25(18)19(27)28-20(2,3)4/h5-9,13H,1,10-12H2,2-4H3,(H,24,26). The van der Waals surface area contributed by atoms with Crippen LogP contribution in [-0.4, -0.2) is 27.2 Å². The molecule has 0 radical (unpaired) electrons. The summed E-state index contributed by atoms with van der Waals surface area (Å²) in [6.07, 6.45) is 3.87. The lowest BCUT2D eigenvalue weighted by molar-refractivity contribution is -0.119. The van der Waals surface area contributed by atoms with Crippen molar-refractivity contribution in [3.8, 4) is 11.3 Å². The molecule has 2 aromatic rings. The Morgan fingerprint density at radius 1 is 1.39 bits per heavy atom. The number of ether oxygens (including phenoxy) is 1. The molecule has 1 saturated heterocycles. The largest absolute Gasteiger partial charge is 0.443 e. The second-order valence-corrected chi connectivity index (χ2v) is 7.91. The Morgan fingerprint density at radius 3 is 2.61 bits per heavy atom. The van der Waals surface area contributed by atoms with Crippen molar-refractivity contribution >= 4 is 12.0 Å². The average molecular weight is 385 g/mol. The first-order valence-electron chi connectivity index (χ1n) is 9.15. The maximum absolute atomic E-state index is 13.4. The van der Waals surface area contributed by atoms with Crippen molar-refractivity contribution in [3.63, 3.8) is 0 Å². The number of hydrogen-bond donors (Lipinski definition) is 1. The molecule has 0 bridgehead atoms. The molecule has 1 amide bonds. The number of amides is 1. The van der Waals surface area contributed by atoms with E-state index in [4.69, 9.17) is 4.74 Å². The average Bonchev–Trinajstić information content (AvgIpc) is 3.19. The van der Waals surface area contributed by atoms with Crippen molar-refractivity contribution < 1.29 is 18.7 Å². The zero-order valence-electron chi connectivity index (χ0n) is 16.3. The highest BCUT2D eigenvalue weighted by atomic mass is 19.1. The number of imidazole rings is 1. The number of aromatic nitrogens is 2. The zero-order chi connectivity index (χ0) is 20.5. The monoisotopic (exact) mass is 385 g/mol. The van der Waals surface area contributed by atoms with Gasteiger partial charge in [0.05, 0.1) is 11.9 Å². The fraction of sp³-hybridized carbons (Fsp3) is 0.381. The molecule has 0 saturated carbocycles. The molecular formula is C21H24FN3O3. The Kier molecular flexibility index (Phi) is 5.10. The molecule has 1 aromatic carbocycles. The van der Waals surface area contributed by atoms with E-state index in [-0.39, 0.29) is 11.7 Å². The minimum absolute atomic E-state index is 0.107. The molecule has 3 rings (SSSR count). The molecule has 148 valence electrons. The molecule has 7 heteroatoms. The fourth-order valence-corrected chi connectivity index (χ4v) is 3.38. The van der Waals surface area contributed by atoms with E-state index in [0.29, 0.717) is 36.3 Å². The smallest absolute Gasteiger partial charge is 0.420 e. The van der Waals surface area contributed by atoms with Crippen molar-refractivity contribution in [2.24, 2.45) is 0 Å². The molecule has 1 atom stereocenters. The molecule has 0 spiro atoms. The van der Waals surface area contributed by atoms with Crippen LogP contribution in [0, 0.1) is 5.82 Å². The number of hydrogen-bond acceptors (Lipinski definition) is 4. The summed E-state index contributed by atoms with van der Waals surface area (Å²) in [5.41, 5.74) is -0.477. The van der Waals surface area contributed by atoms with E-state index >= 15 is 0 Å². The number of rotatable bonds is 4. The first-order valence-corrected chi connectivity index (χ1v) is 9.15. The summed E-state index contributed by atoms with van der Waals surface area (Å²) in [5.74, 6) is -0.103. The van der Waals surface area contributed by atoms with Gasteiger partial charge in [-0.25, -0.2) is 18.7 Å². The van der Waals surface area contributed by atoms with Gasteiger partial charge in [0.25, 0.3) is 0 Å². The van der Waals surface area contributed by atoms with Gasteiger partial charge in [0, 0.05) is 12.0 Å². The van der Waals surface area contributed by atoms with Gasteiger partial charge >= 0.3 is 6.09 Å². The Balaban J connectivity index is 2.17. The SMILES string of the molecule is C=CCC1(c2ncc(-c3ccc(F)cc3)n2C(=O)OC(C)(C)C)CCC(=O)N1. The van der Waals surface area contributed by atoms with Crippen LogP contribution in [0.25, 0.3) is 11.3 Å². The molecular weight excluding hydrogens is 361 g/mol. The number of benzene rings is 1. The Hall–Kier alpha value is -2.96. The highest BCUT2D eigenvalue weighted by Gasteiger charge is 2.44. The number of carbonyl (C=O) groups excluding carboxylic acids is 2. The van der Waals surface area contributed by atoms with Gasteiger partial charge in [-0.3, -0.25) is 4.79 Å². The van der Waals surface area contributed by atoms with Crippen LogP contribution < -0.4 is 5.32 Å². The first kappa shape index (κ1) is 19.8. The molecule has 1 aliphatic heterocycles. The summed E-state index contributed by atoms with van der Waals surface area (Å²) < 4.78 is 20.3. The van der Waals surface area contributed by atoms with Gasteiger partial charge in [0.15, 0.2) is 0 Å². The minimum atomic E-state index is -0.839. The summed E-state index contributed by atoms with van der Waals surface area (Å²) in [6.45, 7) is 9.10. The van der Waals surface area contributed by atoms with Gasteiger partial charge in [-0.2, -0.15) is 0 Å². The molecule has 0 aliphatic carbocycles. The molecule has 1 aliphatic rings.